The fraction of sp³-hybridized carbons (Fsp3) is 0.545. The molecule has 1 N–H and O–H groups in total. The molecule has 0 bridgehead atoms. The molecule has 0 unspecified atom stereocenters. The van der Waals surface area contributed by atoms with Crippen LogP contribution in [0, 0.1) is 5.41 Å². The van der Waals surface area contributed by atoms with Crippen LogP contribution in [0.15, 0.2) is 15.9 Å². The highest BCUT2D eigenvalue weighted by atomic mass is 79.9. The van der Waals surface area contributed by atoms with Gasteiger partial charge in [-0.15, -0.1) is 11.3 Å². The van der Waals surface area contributed by atoms with E-state index in [0.29, 0.717) is 19.8 Å². The van der Waals surface area contributed by atoms with Gasteiger partial charge in [-0.25, -0.2) is 0 Å². The Balaban J connectivity index is 2.00. The molecular formula is C11H14BrNO3S. The number of carbonyl (C=O) groups excluding carboxylic acids is 1. The summed E-state index contributed by atoms with van der Waals surface area (Å²) in [6.45, 7) is 1.06. The van der Waals surface area contributed by atoms with Crippen LogP contribution in [0.1, 0.15) is 4.88 Å². The number of hydrogen-bond donors (Lipinski definition) is 1. The number of amides is 1. The molecule has 17 heavy (non-hydrogen) atoms. The van der Waals surface area contributed by atoms with Crippen molar-refractivity contribution in [3.63, 3.8) is 0 Å². The van der Waals surface area contributed by atoms with Crippen molar-refractivity contribution in [1.29, 1.82) is 0 Å². The first-order valence-corrected chi connectivity index (χ1v) is 6.87. The zero-order valence-corrected chi connectivity index (χ0v) is 11.9. The van der Waals surface area contributed by atoms with Crippen molar-refractivity contribution >= 4 is 33.2 Å². The molecule has 0 aromatic carbocycles. The molecule has 94 valence electrons. The second-order valence-electron chi connectivity index (χ2n) is 4.30. The Bertz CT molecular complexity index is 411. The molecule has 1 fully saturated rings. The smallest absolute Gasteiger partial charge is 0.235 e. The van der Waals surface area contributed by atoms with E-state index in [2.05, 4.69) is 15.9 Å². The average Bonchev–Trinajstić information content (AvgIpc) is 2.63. The minimum absolute atomic E-state index is 0.0456. The van der Waals surface area contributed by atoms with Gasteiger partial charge in [0, 0.05) is 11.9 Å². The van der Waals surface area contributed by atoms with E-state index in [1.165, 1.54) is 0 Å². The number of rotatable bonds is 4. The fourth-order valence-corrected chi connectivity index (χ4v) is 3.31. The van der Waals surface area contributed by atoms with Crippen molar-refractivity contribution < 1.29 is 14.6 Å². The van der Waals surface area contributed by atoms with Crippen LogP contribution in [0.5, 0.6) is 0 Å². The maximum atomic E-state index is 12.2. The summed E-state index contributed by atoms with van der Waals surface area (Å²) in [5.41, 5.74) is -0.705. The molecule has 1 saturated heterocycles. The normalized spacial score (nSPS) is 17.6. The van der Waals surface area contributed by atoms with Crippen LogP contribution in [0.25, 0.3) is 0 Å². The van der Waals surface area contributed by atoms with Gasteiger partial charge in [-0.05, 0) is 28.1 Å². The van der Waals surface area contributed by atoms with E-state index in [1.54, 1.807) is 23.3 Å². The number of halogens is 1. The molecule has 0 aliphatic carbocycles. The van der Waals surface area contributed by atoms with Crippen molar-refractivity contribution in [2.45, 2.75) is 6.54 Å². The molecular weight excluding hydrogens is 306 g/mol. The van der Waals surface area contributed by atoms with Crippen LogP contribution in [0.4, 0.5) is 0 Å². The third-order valence-corrected chi connectivity index (χ3v) is 4.49. The molecule has 1 aromatic heterocycles. The summed E-state index contributed by atoms with van der Waals surface area (Å²) < 4.78 is 6.10. The number of hydrogen-bond acceptors (Lipinski definition) is 4. The summed E-state index contributed by atoms with van der Waals surface area (Å²) in [6.07, 6.45) is 0. The van der Waals surface area contributed by atoms with Crippen LogP contribution >= 0.6 is 27.3 Å². The van der Waals surface area contributed by atoms with E-state index in [0.717, 1.165) is 8.66 Å². The highest BCUT2D eigenvalue weighted by Crippen LogP contribution is 2.30. The third-order valence-electron chi connectivity index (χ3n) is 2.88. The minimum atomic E-state index is -0.705. The molecule has 1 aliphatic rings. The van der Waals surface area contributed by atoms with Gasteiger partial charge in [-0.3, -0.25) is 4.79 Å². The SMILES string of the molecule is CN(Cc1ccc(Br)s1)C(=O)C1(CO)COC1. The summed E-state index contributed by atoms with van der Waals surface area (Å²) >= 11 is 5.00. The van der Waals surface area contributed by atoms with Gasteiger partial charge in [-0.1, -0.05) is 0 Å². The highest BCUT2D eigenvalue weighted by molar-refractivity contribution is 9.11. The first-order chi connectivity index (χ1) is 8.07. The van der Waals surface area contributed by atoms with Gasteiger partial charge in [0.15, 0.2) is 0 Å². The van der Waals surface area contributed by atoms with Gasteiger partial charge in [0.2, 0.25) is 5.91 Å². The molecule has 6 heteroatoms. The summed E-state index contributed by atoms with van der Waals surface area (Å²) in [7, 11) is 1.76. The second kappa shape index (κ2) is 5.06. The summed E-state index contributed by atoms with van der Waals surface area (Å²) in [6, 6.07) is 3.95. The molecule has 2 rings (SSSR count). The van der Waals surface area contributed by atoms with E-state index >= 15 is 0 Å². The molecule has 4 nitrogen and oxygen atoms in total. The van der Waals surface area contributed by atoms with E-state index in [4.69, 9.17) is 4.74 Å². The van der Waals surface area contributed by atoms with E-state index < -0.39 is 5.41 Å². The minimum Gasteiger partial charge on any atom is -0.395 e. The zero-order chi connectivity index (χ0) is 12.5. The number of aliphatic hydroxyl groups is 1. The Morgan fingerprint density at radius 3 is 2.76 bits per heavy atom. The molecule has 1 aromatic rings. The number of ether oxygens (including phenoxy) is 1. The Labute approximate surface area is 112 Å². The predicted octanol–water partition coefficient (Wildman–Crippen LogP) is 1.48. The largest absolute Gasteiger partial charge is 0.395 e. The van der Waals surface area contributed by atoms with Gasteiger partial charge < -0.3 is 14.7 Å². The standard InChI is InChI=1S/C11H14BrNO3S/c1-13(4-8-2-3-9(12)17-8)10(15)11(5-14)6-16-7-11/h2-3,14H,4-7H2,1H3. The van der Waals surface area contributed by atoms with Crippen LogP contribution in [-0.2, 0) is 16.1 Å². The molecule has 0 spiro atoms. The lowest BCUT2D eigenvalue weighted by Crippen LogP contribution is -2.56. The fourth-order valence-electron chi connectivity index (χ4n) is 1.78. The number of carbonyl (C=O) groups is 1. The quantitative estimate of drug-likeness (QED) is 0.914. The molecule has 1 aliphatic heterocycles. The van der Waals surface area contributed by atoms with E-state index in [9.17, 15) is 9.90 Å². The first-order valence-electron chi connectivity index (χ1n) is 5.26. The summed E-state index contributed by atoms with van der Waals surface area (Å²) in [4.78, 5) is 14.9. The molecule has 0 radical (unpaired) electrons. The van der Waals surface area contributed by atoms with Gasteiger partial charge >= 0.3 is 0 Å². The Kier molecular flexibility index (Phi) is 3.87. The van der Waals surface area contributed by atoms with Crippen molar-refractivity contribution in [3.8, 4) is 0 Å². The van der Waals surface area contributed by atoms with Gasteiger partial charge in [0.1, 0.15) is 5.41 Å². The Hall–Kier alpha value is -0.430. The van der Waals surface area contributed by atoms with Crippen molar-refractivity contribution in [2.75, 3.05) is 26.9 Å². The summed E-state index contributed by atoms with van der Waals surface area (Å²) in [5, 5.41) is 9.29. The molecule has 1 amide bonds. The first kappa shape index (κ1) is 13.0. The van der Waals surface area contributed by atoms with E-state index in [-0.39, 0.29) is 12.5 Å². The Morgan fingerprint density at radius 2 is 2.35 bits per heavy atom. The zero-order valence-electron chi connectivity index (χ0n) is 9.48. The lowest BCUT2D eigenvalue weighted by atomic mass is 9.85. The average molecular weight is 320 g/mol. The lowest BCUT2D eigenvalue weighted by Gasteiger charge is -2.40. The number of aliphatic hydroxyl groups excluding tert-OH is 1. The number of thiophene rings is 1. The lowest BCUT2D eigenvalue weighted by molar-refractivity contribution is -0.179. The third kappa shape index (κ3) is 2.54. The Morgan fingerprint density at radius 1 is 1.65 bits per heavy atom. The number of nitrogens with zero attached hydrogens (tertiary/aromatic N) is 1. The maximum Gasteiger partial charge on any atom is 0.235 e. The van der Waals surface area contributed by atoms with Crippen LogP contribution in [0.2, 0.25) is 0 Å². The second-order valence-corrected chi connectivity index (χ2v) is 6.85. The molecule has 0 saturated carbocycles. The van der Waals surface area contributed by atoms with Gasteiger partial charge in [0.05, 0.1) is 30.2 Å². The van der Waals surface area contributed by atoms with Gasteiger partial charge in [0.25, 0.3) is 0 Å². The van der Waals surface area contributed by atoms with Crippen LogP contribution in [-0.4, -0.2) is 42.8 Å². The molecule has 2 heterocycles. The van der Waals surface area contributed by atoms with Crippen molar-refractivity contribution in [3.05, 3.63) is 20.8 Å². The predicted molar refractivity (Wildman–Crippen MR) is 68.8 cm³/mol. The summed E-state index contributed by atoms with van der Waals surface area (Å²) in [5.74, 6) is -0.0456. The van der Waals surface area contributed by atoms with Crippen LogP contribution < -0.4 is 0 Å². The monoisotopic (exact) mass is 319 g/mol. The van der Waals surface area contributed by atoms with Crippen LogP contribution in [0.3, 0.4) is 0 Å². The maximum absolute atomic E-state index is 12.2. The topological polar surface area (TPSA) is 49.8 Å². The molecule has 0 atom stereocenters. The van der Waals surface area contributed by atoms with E-state index in [1.807, 2.05) is 12.1 Å². The highest BCUT2D eigenvalue weighted by Gasteiger charge is 2.46. The van der Waals surface area contributed by atoms with Crippen molar-refractivity contribution in [1.82, 2.24) is 4.90 Å². The van der Waals surface area contributed by atoms with Gasteiger partial charge in [-0.2, -0.15) is 0 Å². The van der Waals surface area contributed by atoms with Crippen molar-refractivity contribution in [2.24, 2.45) is 5.41 Å².